The lowest BCUT2D eigenvalue weighted by Crippen LogP contribution is -2.33. The number of aromatic nitrogens is 5. The van der Waals surface area contributed by atoms with Crippen molar-refractivity contribution in [2.45, 2.75) is 64.9 Å². The van der Waals surface area contributed by atoms with Crippen LogP contribution in [0.15, 0.2) is 47.3 Å². The zero-order chi connectivity index (χ0) is 26.1. The van der Waals surface area contributed by atoms with E-state index in [0.29, 0.717) is 36.7 Å². The predicted octanol–water partition coefficient (Wildman–Crippen LogP) is 3.88. The Morgan fingerprint density at radius 1 is 1.13 bits per heavy atom. The minimum Gasteiger partial charge on any atom is -0.454 e. The molecule has 38 heavy (non-hydrogen) atoms. The van der Waals surface area contributed by atoms with Crippen molar-refractivity contribution in [3.05, 3.63) is 75.3 Å². The van der Waals surface area contributed by atoms with E-state index >= 15 is 0 Å². The standard InChI is InChI=1S/C28H32N6O4/c1-3-24(27-30-31-32-34(27)16-22-5-4-10-36-22)33(14-19-8-6-18(2)7-9-19)15-21-11-20-12-25-26(38-17-37-25)13-23(20)29-28(21)35/h6-9,11-13,22,24H,3-5,10,14-17H2,1-2H3,(H,29,35)/t22-,24-/m0/s1. The van der Waals surface area contributed by atoms with Gasteiger partial charge in [0.05, 0.1) is 24.2 Å². The quantitative estimate of drug-likeness (QED) is 0.357. The van der Waals surface area contributed by atoms with Crippen molar-refractivity contribution >= 4 is 10.9 Å². The first kappa shape index (κ1) is 24.6. The summed E-state index contributed by atoms with van der Waals surface area (Å²) in [4.78, 5) is 18.6. The van der Waals surface area contributed by atoms with Gasteiger partial charge in [0, 0.05) is 36.7 Å². The molecule has 0 amide bonds. The minimum absolute atomic E-state index is 0.0976. The van der Waals surface area contributed by atoms with E-state index in [1.807, 2.05) is 22.9 Å². The largest absolute Gasteiger partial charge is 0.454 e. The Balaban J connectivity index is 1.35. The van der Waals surface area contributed by atoms with Crippen LogP contribution in [0.2, 0.25) is 0 Å². The Bertz CT molecular complexity index is 1480. The van der Waals surface area contributed by atoms with E-state index in [4.69, 9.17) is 14.2 Å². The maximum absolute atomic E-state index is 13.2. The van der Waals surface area contributed by atoms with Crippen LogP contribution >= 0.6 is 0 Å². The van der Waals surface area contributed by atoms with Crippen LogP contribution in [0.25, 0.3) is 10.9 Å². The number of aryl methyl sites for hydroxylation is 1. The molecule has 1 saturated heterocycles. The summed E-state index contributed by atoms with van der Waals surface area (Å²) >= 11 is 0. The topological polar surface area (TPSA) is 107 Å². The van der Waals surface area contributed by atoms with E-state index in [2.05, 4.69) is 63.5 Å². The summed E-state index contributed by atoms with van der Waals surface area (Å²) < 4.78 is 18.8. The van der Waals surface area contributed by atoms with Crippen molar-refractivity contribution in [1.29, 1.82) is 0 Å². The molecule has 0 saturated carbocycles. The lowest BCUT2D eigenvalue weighted by molar-refractivity contribution is 0.0888. The van der Waals surface area contributed by atoms with Gasteiger partial charge in [0.25, 0.3) is 5.56 Å². The Morgan fingerprint density at radius 3 is 2.71 bits per heavy atom. The summed E-state index contributed by atoms with van der Waals surface area (Å²) in [6, 6.07) is 14.1. The van der Waals surface area contributed by atoms with Gasteiger partial charge in [-0.15, -0.1) is 5.10 Å². The normalized spacial score (nSPS) is 17.5. The molecule has 0 spiro atoms. The number of nitrogens with zero attached hydrogens (tertiary/aromatic N) is 5. The highest BCUT2D eigenvalue weighted by molar-refractivity contribution is 5.83. The van der Waals surface area contributed by atoms with Crippen molar-refractivity contribution in [3.63, 3.8) is 0 Å². The molecule has 4 heterocycles. The van der Waals surface area contributed by atoms with Gasteiger partial charge in [0.1, 0.15) is 0 Å². The predicted molar refractivity (Wildman–Crippen MR) is 141 cm³/mol. The van der Waals surface area contributed by atoms with Crippen molar-refractivity contribution in [1.82, 2.24) is 30.1 Å². The molecule has 0 radical (unpaired) electrons. The number of tetrazole rings is 1. The smallest absolute Gasteiger partial charge is 0.252 e. The molecule has 198 valence electrons. The van der Waals surface area contributed by atoms with Gasteiger partial charge in [-0.1, -0.05) is 36.8 Å². The molecular weight excluding hydrogens is 484 g/mol. The van der Waals surface area contributed by atoms with Crippen LogP contribution in [-0.2, 0) is 24.4 Å². The van der Waals surface area contributed by atoms with Gasteiger partial charge in [-0.2, -0.15) is 0 Å². The van der Waals surface area contributed by atoms with Crippen LogP contribution in [0.1, 0.15) is 54.7 Å². The monoisotopic (exact) mass is 516 g/mol. The van der Waals surface area contributed by atoms with Crippen molar-refractivity contribution in [2.24, 2.45) is 0 Å². The molecule has 0 unspecified atom stereocenters. The summed E-state index contributed by atoms with van der Waals surface area (Å²) in [5.74, 6) is 2.12. The van der Waals surface area contributed by atoms with Crippen molar-refractivity contribution in [2.75, 3.05) is 13.4 Å². The lowest BCUT2D eigenvalue weighted by Gasteiger charge is -2.30. The Kier molecular flexibility index (Phi) is 6.82. The second kappa shape index (κ2) is 10.5. The molecule has 2 aliphatic rings. The lowest BCUT2D eigenvalue weighted by atomic mass is 10.1. The fourth-order valence-corrected chi connectivity index (χ4v) is 5.35. The second-order valence-corrected chi connectivity index (χ2v) is 10.1. The molecule has 2 atom stereocenters. The van der Waals surface area contributed by atoms with Crippen LogP contribution in [-0.4, -0.2) is 49.6 Å². The molecular formula is C28H32N6O4. The fraction of sp³-hybridized carbons (Fsp3) is 0.429. The molecule has 1 fully saturated rings. The molecule has 0 aliphatic carbocycles. The summed E-state index contributed by atoms with van der Waals surface area (Å²) in [6.45, 7) is 6.87. The van der Waals surface area contributed by atoms with Crippen molar-refractivity contribution < 1.29 is 14.2 Å². The number of hydrogen-bond acceptors (Lipinski definition) is 8. The number of ether oxygens (including phenoxy) is 3. The number of H-pyrrole nitrogens is 1. The number of nitrogens with one attached hydrogen (secondary N) is 1. The molecule has 2 aliphatic heterocycles. The number of pyridine rings is 1. The maximum Gasteiger partial charge on any atom is 0.252 e. The molecule has 6 rings (SSSR count). The number of rotatable bonds is 9. The Labute approximate surface area is 220 Å². The maximum atomic E-state index is 13.2. The summed E-state index contributed by atoms with van der Waals surface area (Å²) in [7, 11) is 0. The van der Waals surface area contributed by atoms with E-state index < -0.39 is 0 Å². The van der Waals surface area contributed by atoms with Gasteiger partial charge in [-0.25, -0.2) is 4.68 Å². The average molecular weight is 517 g/mol. The van der Waals surface area contributed by atoms with Gasteiger partial charge in [0.2, 0.25) is 6.79 Å². The SMILES string of the molecule is CC[C@@H](c1nnnn1C[C@@H]1CCCO1)N(Cc1ccc(C)cc1)Cc1cc2cc3c(cc2[nH]c1=O)OCO3. The van der Waals surface area contributed by atoms with E-state index in [-0.39, 0.29) is 24.5 Å². The average Bonchev–Trinajstić information content (AvgIpc) is 3.68. The second-order valence-electron chi connectivity index (χ2n) is 10.1. The van der Waals surface area contributed by atoms with E-state index in [1.165, 1.54) is 5.56 Å². The molecule has 10 nitrogen and oxygen atoms in total. The number of fused-ring (bicyclic) bond motifs is 2. The van der Waals surface area contributed by atoms with Gasteiger partial charge in [-0.05, 0) is 54.3 Å². The molecule has 2 aromatic heterocycles. The Morgan fingerprint density at radius 2 is 1.95 bits per heavy atom. The van der Waals surface area contributed by atoms with Crippen LogP contribution in [0, 0.1) is 6.92 Å². The van der Waals surface area contributed by atoms with Gasteiger partial charge in [0.15, 0.2) is 17.3 Å². The Hall–Kier alpha value is -3.76. The van der Waals surface area contributed by atoms with Crippen molar-refractivity contribution in [3.8, 4) is 11.5 Å². The van der Waals surface area contributed by atoms with Crippen LogP contribution in [0.3, 0.4) is 0 Å². The minimum atomic E-state index is -0.126. The number of aromatic amines is 1. The molecule has 1 N–H and O–H groups in total. The van der Waals surface area contributed by atoms with E-state index in [1.54, 1.807) is 0 Å². The van der Waals surface area contributed by atoms with Gasteiger partial charge < -0.3 is 19.2 Å². The first-order chi connectivity index (χ1) is 18.6. The fourth-order valence-electron chi connectivity index (χ4n) is 5.35. The van der Waals surface area contributed by atoms with E-state index in [0.717, 1.165) is 48.2 Å². The van der Waals surface area contributed by atoms with Gasteiger partial charge >= 0.3 is 0 Å². The molecule has 2 aromatic carbocycles. The summed E-state index contributed by atoms with van der Waals surface area (Å²) in [6.07, 6.45) is 2.97. The summed E-state index contributed by atoms with van der Waals surface area (Å²) in [5.41, 5.74) is 3.63. The number of benzene rings is 2. The number of hydrogen-bond donors (Lipinski definition) is 1. The van der Waals surface area contributed by atoms with Crippen LogP contribution in [0.4, 0.5) is 0 Å². The van der Waals surface area contributed by atoms with E-state index in [9.17, 15) is 4.79 Å². The molecule has 4 aromatic rings. The first-order valence-corrected chi connectivity index (χ1v) is 13.2. The zero-order valence-electron chi connectivity index (χ0n) is 21.7. The zero-order valence-corrected chi connectivity index (χ0v) is 21.7. The third kappa shape index (κ3) is 5.01. The highest BCUT2D eigenvalue weighted by Crippen LogP contribution is 2.35. The molecule has 0 bridgehead atoms. The van der Waals surface area contributed by atoms with Gasteiger partial charge in [-0.3, -0.25) is 9.69 Å². The summed E-state index contributed by atoms with van der Waals surface area (Å²) in [5, 5.41) is 13.7. The highest BCUT2D eigenvalue weighted by atomic mass is 16.7. The third-order valence-electron chi connectivity index (χ3n) is 7.38. The highest BCUT2D eigenvalue weighted by Gasteiger charge is 2.28. The third-order valence-corrected chi connectivity index (χ3v) is 7.38. The first-order valence-electron chi connectivity index (χ1n) is 13.2. The van der Waals surface area contributed by atoms with Crippen LogP contribution < -0.4 is 15.0 Å². The van der Waals surface area contributed by atoms with Crippen LogP contribution in [0.5, 0.6) is 11.5 Å². The molecule has 10 heteroatoms.